The molecule has 0 saturated heterocycles. The predicted molar refractivity (Wildman–Crippen MR) is 116 cm³/mol. The van der Waals surface area contributed by atoms with Crippen molar-refractivity contribution in [1.29, 1.82) is 0 Å². The third kappa shape index (κ3) is 7.55. The van der Waals surface area contributed by atoms with Crippen LogP contribution in [0.25, 0.3) is 0 Å². The average Bonchev–Trinajstić information content (AvgIpc) is 2.83. The summed E-state index contributed by atoms with van der Waals surface area (Å²) >= 11 is 0. The van der Waals surface area contributed by atoms with E-state index < -0.39 is 18.2 Å². The van der Waals surface area contributed by atoms with Crippen molar-refractivity contribution in [2.45, 2.75) is 45.0 Å². The SMILES string of the molecule is COc1ccc(CN(O/C(=N/C(=O)OCc2ccccc2)C(F)(F)F)C2=CCCCC2)cc1. The smallest absolute Gasteiger partial charge is 0.471 e. The van der Waals surface area contributed by atoms with E-state index in [1.54, 1.807) is 54.6 Å². The second-order valence-corrected chi connectivity index (χ2v) is 7.37. The Kier molecular flexibility index (Phi) is 8.34. The number of hydrogen-bond donors (Lipinski definition) is 0. The van der Waals surface area contributed by atoms with Crippen molar-refractivity contribution >= 4 is 12.0 Å². The van der Waals surface area contributed by atoms with Crippen LogP contribution in [-0.2, 0) is 22.7 Å². The van der Waals surface area contributed by atoms with Crippen LogP contribution in [0.15, 0.2) is 71.4 Å². The van der Waals surface area contributed by atoms with Crippen LogP contribution in [0.1, 0.15) is 36.8 Å². The molecule has 0 N–H and O–H groups in total. The normalized spacial score (nSPS) is 14.3. The first-order valence-corrected chi connectivity index (χ1v) is 10.5. The van der Waals surface area contributed by atoms with Gasteiger partial charge in [-0.3, -0.25) is 0 Å². The molecule has 0 atom stereocenters. The Hall–Kier alpha value is -3.49. The van der Waals surface area contributed by atoms with Gasteiger partial charge < -0.3 is 14.3 Å². The fourth-order valence-corrected chi connectivity index (χ4v) is 3.21. The highest BCUT2D eigenvalue weighted by Crippen LogP contribution is 2.27. The van der Waals surface area contributed by atoms with Gasteiger partial charge >= 0.3 is 18.2 Å². The van der Waals surface area contributed by atoms with Gasteiger partial charge in [0.1, 0.15) is 12.4 Å². The molecule has 0 unspecified atom stereocenters. The molecule has 0 aliphatic heterocycles. The largest absolute Gasteiger partial charge is 0.497 e. The maximum atomic E-state index is 13.7. The van der Waals surface area contributed by atoms with Crippen molar-refractivity contribution in [3.63, 3.8) is 0 Å². The lowest BCUT2D eigenvalue weighted by Gasteiger charge is -2.29. The lowest BCUT2D eigenvalue weighted by molar-refractivity contribution is -0.128. The van der Waals surface area contributed by atoms with E-state index >= 15 is 0 Å². The molecule has 0 saturated carbocycles. The van der Waals surface area contributed by atoms with Gasteiger partial charge in [-0.25, -0.2) is 9.86 Å². The maximum absolute atomic E-state index is 13.7. The monoisotopic (exact) mass is 462 g/mol. The van der Waals surface area contributed by atoms with Gasteiger partial charge in [0.05, 0.1) is 13.7 Å². The van der Waals surface area contributed by atoms with E-state index in [9.17, 15) is 18.0 Å². The molecule has 1 aliphatic carbocycles. The van der Waals surface area contributed by atoms with E-state index in [0.717, 1.165) is 24.3 Å². The Bertz CT molecular complexity index is 973. The van der Waals surface area contributed by atoms with Crippen LogP contribution in [-0.4, -0.2) is 30.3 Å². The molecule has 0 aromatic heterocycles. The van der Waals surface area contributed by atoms with Gasteiger partial charge in [0.2, 0.25) is 0 Å². The number of benzene rings is 2. The Morgan fingerprint density at radius 1 is 1.03 bits per heavy atom. The zero-order chi connectivity index (χ0) is 23.7. The topological polar surface area (TPSA) is 60.4 Å². The summed E-state index contributed by atoms with van der Waals surface area (Å²) in [6, 6.07) is 15.5. The molecule has 2 aromatic rings. The number of carbonyl (C=O) groups excluding carboxylic acids is 1. The van der Waals surface area contributed by atoms with Crippen molar-refractivity contribution in [3.05, 3.63) is 77.5 Å². The van der Waals surface area contributed by atoms with Gasteiger partial charge in [-0.2, -0.15) is 13.2 Å². The maximum Gasteiger partial charge on any atom is 0.471 e. The summed E-state index contributed by atoms with van der Waals surface area (Å²) in [5, 5.41) is 1.14. The molecule has 3 rings (SSSR count). The van der Waals surface area contributed by atoms with Gasteiger partial charge in [0, 0.05) is 5.70 Å². The number of aliphatic imine (C=N–C) groups is 1. The highest BCUT2D eigenvalue weighted by molar-refractivity contribution is 5.91. The Morgan fingerprint density at radius 3 is 2.36 bits per heavy atom. The van der Waals surface area contributed by atoms with Crippen LogP contribution in [0.3, 0.4) is 0 Å². The lowest BCUT2D eigenvalue weighted by atomic mass is 10.0. The molecule has 0 heterocycles. The molecule has 1 aliphatic rings. The standard InChI is InChI=1S/C24H25F3N2O4/c1-31-21-14-12-18(13-15-21)16-29(20-10-6-3-7-11-20)33-22(24(25,26)27)28-23(30)32-17-19-8-4-2-5-9-19/h2,4-5,8-10,12-15H,3,6-7,11,16-17H2,1H3/b28-22+. The number of carbonyl (C=O) groups is 1. The molecule has 1 amide bonds. The summed E-state index contributed by atoms with van der Waals surface area (Å²) < 4.78 is 51.0. The van der Waals surface area contributed by atoms with Crippen molar-refractivity contribution in [1.82, 2.24) is 5.06 Å². The molecule has 0 bridgehead atoms. The van der Waals surface area contributed by atoms with E-state index in [1.807, 2.05) is 6.08 Å². The summed E-state index contributed by atoms with van der Waals surface area (Å²) in [5.41, 5.74) is 1.94. The highest BCUT2D eigenvalue weighted by atomic mass is 19.4. The number of rotatable bonds is 7. The number of allylic oxidation sites excluding steroid dienone is 2. The molecule has 0 fully saturated rings. The number of hydrogen-bond acceptors (Lipinski definition) is 5. The second kappa shape index (κ2) is 11.4. The van der Waals surface area contributed by atoms with Crippen molar-refractivity contribution in [2.75, 3.05) is 7.11 Å². The molecule has 176 valence electrons. The minimum atomic E-state index is -4.99. The Labute approximate surface area is 190 Å². The van der Waals surface area contributed by atoms with Crippen molar-refractivity contribution in [3.8, 4) is 5.75 Å². The Balaban J connectivity index is 1.78. The fraction of sp³-hybridized carbons (Fsp3) is 0.333. The summed E-state index contributed by atoms with van der Waals surface area (Å²) in [6.07, 6.45) is -1.46. The van der Waals surface area contributed by atoms with Gasteiger partial charge in [-0.05, 0) is 48.9 Å². The first-order chi connectivity index (χ1) is 15.8. The van der Waals surface area contributed by atoms with Crippen LogP contribution in [0.2, 0.25) is 0 Å². The quantitative estimate of drug-likeness (QED) is 0.279. The van der Waals surface area contributed by atoms with E-state index in [2.05, 4.69) is 4.99 Å². The van der Waals surface area contributed by atoms with Crippen LogP contribution >= 0.6 is 0 Å². The van der Waals surface area contributed by atoms with E-state index in [0.29, 0.717) is 29.0 Å². The van der Waals surface area contributed by atoms with Gasteiger partial charge in [0.25, 0.3) is 0 Å². The van der Waals surface area contributed by atoms with Crippen LogP contribution in [0.4, 0.5) is 18.0 Å². The van der Waals surface area contributed by atoms with Crippen molar-refractivity contribution in [2.24, 2.45) is 4.99 Å². The first kappa shape index (κ1) is 24.2. The minimum absolute atomic E-state index is 0.0317. The molecule has 2 aromatic carbocycles. The molecule has 0 radical (unpaired) electrons. The highest BCUT2D eigenvalue weighted by Gasteiger charge is 2.41. The van der Waals surface area contributed by atoms with Crippen LogP contribution in [0.5, 0.6) is 5.75 Å². The minimum Gasteiger partial charge on any atom is -0.497 e. The Morgan fingerprint density at radius 2 is 1.76 bits per heavy atom. The summed E-state index contributed by atoms with van der Waals surface area (Å²) in [7, 11) is 1.53. The molecular formula is C24H25F3N2O4. The van der Waals surface area contributed by atoms with Crippen molar-refractivity contribution < 1.29 is 32.3 Å². The molecule has 0 spiro atoms. The zero-order valence-electron chi connectivity index (χ0n) is 18.2. The van der Waals surface area contributed by atoms with Crippen LogP contribution in [0, 0.1) is 0 Å². The third-order valence-corrected chi connectivity index (χ3v) is 4.91. The second-order valence-electron chi connectivity index (χ2n) is 7.37. The number of amides is 1. The summed E-state index contributed by atoms with van der Waals surface area (Å²) in [6.45, 7) is -0.168. The number of methoxy groups -OCH3 is 1. The van der Waals surface area contributed by atoms with Gasteiger partial charge in [0.15, 0.2) is 0 Å². The van der Waals surface area contributed by atoms with E-state index in [4.69, 9.17) is 14.3 Å². The van der Waals surface area contributed by atoms with Gasteiger partial charge in [-0.15, -0.1) is 4.99 Å². The van der Waals surface area contributed by atoms with Crippen LogP contribution < -0.4 is 4.74 Å². The first-order valence-electron chi connectivity index (χ1n) is 10.5. The number of nitrogens with zero attached hydrogens (tertiary/aromatic N) is 2. The lowest BCUT2D eigenvalue weighted by Crippen LogP contribution is -2.35. The molecular weight excluding hydrogens is 437 g/mol. The zero-order valence-corrected chi connectivity index (χ0v) is 18.2. The summed E-state index contributed by atoms with van der Waals surface area (Å²) in [4.78, 5) is 20.3. The van der Waals surface area contributed by atoms with E-state index in [-0.39, 0.29) is 13.2 Å². The third-order valence-electron chi connectivity index (χ3n) is 4.91. The average molecular weight is 462 g/mol. The number of alkyl halides is 3. The molecule has 33 heavy (non-hydrogen) atoms. The predicted octanol–water partition coefficient (Wildman–Crippen LogP) is 6.18. The van der Waals surface area contributed by atoms with Gasteiger partial charge in [-0.1, -0.05) is 48.5 Å². The molecule has 9 heteroatoms. The van der Waals surface area contributed by atoms with E-state index in [1.165, 1.54) is 7.11 Å². The number of ether oxygens (including phenoxy) is 2. The fourth-order valence-electron chi connectivity index (χ4n) is 3.21. The number of hydroxylamine groups is 2. The number of halogens is 3. The summed E-state index contributed by atoms with van der Waals surface area (Å²) in [5.74, 6) is -1.05. The molecule has 6 nitrogen and oxygen atoms in total.